The number of hydrogen-bond donors (Lipinski definition) is 2. The van der Waals surface area contributed by atoms with Gasteiger partial charge in [-0.05, 0) is 57.4 Å². The molecule has 1 amide bonds. The molecule has 0 unspecified atom stereocenters. The monoisotopic (exact) mass is 594 g/mol. The Morgan fingerprint density at radius 2 is 1.81 bits per heavy atom. The van der Waals surface area contributed by atoms with Crippen LogP contribution in [0.2, 0.25) is 0 Å². The number of nitrogens with one attached hydrogen (secondary N) is 1. The molecule has 11 nitrogen and oxygen atoms in total. The molecule has 4 heterocycles. The Kier molecular flexibility index (Phi) is 7.91. The number of aliphatic carboxylic acids is 1. The number of amides is 1. The van der Waals surface area contributed by atoms with Crippen molar-refractivity contribution in [2.75, 3.05) is 11.4 Å². The Morgan fingerprint density at radius 3 is 2.47 bits per heavy atom. The van der Waals surface area contributed by atoms with E-state index in [2.05, 4.69) is 10.3 Å². The van der Waals surface area contributed by atoms with Gasteiger partial charge in [0.25, 0.3) is 11.5 Å². The maximum atomic E-state index is 15.1. The molecule has 43 heavy (non-hydrogen) atoms. The van der Waals surface area contributed by atoms with Crippen molar-refractivity contribution in [3.05, 3.63) is 86.1 Å². The van der Waals surface area contributed by atoms with Gasteiger partial charge in [0.2, 0.25) is 0 Å². The zero-order valence-electron chi connectivity index (χ0n) is 24.2. The number of benzene rings is 1. The number of hydrogen-bond acceptors (Lipinski definition) is 6. The van der Waals surface area contributed by atoms with Crippen molar-refractivity contribution in [2.45, 2.75) is 51.6 Å². The van der Waals surface area contributed by atoms with Crippen molar-refractivity contribution in [3.63, 3.8) is 0 Å². The third kappa shape index (κ3) is 5.30. The minimum absolute atomic E-state index is 0.0933. The van der Waals surface area contributed by atoms with Gasteiger partial charge in [-0.15, -0.1) is 0 Å². The van der Waals surface area contributed by atoms with E-state index in [-0.39, 0.29) is 18.0 Å². The Morgan fingerprint density at radius 1 is 1.12 bits per heavy atom. The first-order chi connectivity index (χ1) is 20.4. The van der Waals surface area contributed by atoms with Gasteiger partial charge in [-0.2, -0.15) is 0 Å². The summed E-state index contributed by atoms with van der Waals surface area (Å²) in [5.74, 6) is -4.76. The molecule has 0 spiro atoms. The second-order valence-corrected chi connectivity index (χ2v) is 10.9. The third-order valence-electron chi connectivity index (χ3n) is 8.27. The number of carbonyl (C=O) groups excluding carboxylic acids is 1. The van der Waals surface area contributed by atoms with Crippen LogP contribution in [-0.4, -0.2) is 54.1 Å². The van der Waals surface area contributed by atoms with Gasteiger partial charge in [-0.25, -0.2) is 23.4 Å². The van der Waals surface area contributed by atoms with Crippen molar-refractivity contribution in [2.24, 2.45) is 14.1 Å². The molecule has 226 valence electrons. The summed E-state index contributed by atoms with van der Waals surface area (Å²) in [7, 11) is 2.92. The molecule has 0 bridgehead atoms. The predicted molar refractivity (Wildman–Crippen MR) is 155 cm³/mol. The first-order valence-corrected chi connectivity index (χ1v) is 13.9. The van der Waals surface area contributed by atoms with E-state index in [0.717, 1.165) is 36.0 Å². The lowest BCUT2D eigenvalue weighted by Gasteiger charge is -2.35. The number of carboxylic acid groups (broad SMARTS) is 1. The maximum absolute atomic E-state index is 15.1. The maximum Gasteiger partial charge on any atom is 0.330 e. The molecule has 4 aromatic rings. The van der Waals surface area contributed by atoms with Gasteiger partial charge < -0.3 is 24.3 Å². The van der Waals surface area contributed by atoms with E-state index in [1.165, 1.54) is 17.8 Å². The molecule has 0 saturated carbocycles. The number of piperidine rings is 1. The van der Waals surface area contributed by atoms with Crippen molar-refractivity contribution < 1.29 is 23.5 Å². The number of fused-ring (bicyclic) bond motifs is 1. The molecule has 1 fully saturated rings. The Labute approximate surface area is 245 Å². The van der Waals surface area contributed by atoms with E-state index in [4.69, 9.17) is 0 Å². The van der Waals surface area contributed by atoms with E-state index in [0.29, 0.717) is 34.8 Å². The summed E-state index contributed by atoms with van der Waals surface area (Å²) in [6.07, 6.45) is 5.58. The molecule has 1 aliphatic heterocycles. The molecule has 1 saturated heterocycles. The summed E-state index contributed by atoms with van der Waals surface area (Å²) in [6.45, 7) is 4.25. The van der Waals surface area contributed by atoms with E-state index in [1.807, 2.05) is 11.8 Å². The molecule has 5 rings (SSSR count). The van der Waals surface area contributed by atoms with Gasteiger partial charge in [0, 0.05) is 68.1 Å². The number of imidazole rings is 1. The van der Waals surface area contributed by atoms with Crippen molar-refractivity contribution >= 4 is 23.2 Å². The SMILES string of the molecule is Cc1c(-c2ccc(C[C@H](NC(=O)c3c(F)cc(N4CCCC[C@@H]4C)cc3F)C(=O)O)n3ccnc23)c(=O)n(C)c(=O)n1C. The molecule has 3 aromatic heterocycles. The number of carbonyl (C=O) groups is 2. The van der Waals surface area contributed by atoms with Crippen LogP contribution >= 0.6 is 0 Å². The minimum atomic E-state index is -1.54. The van der Waals surface area contributed by atoms with Crippen molar-refractivity contribution in [1.82, 2.24) is 23.8 Å². The highest BCUT2D eigenvalue weighted by Crippen LogP contribution is 2.29. The van der Waals surface area contributed by atoms with E-state index in [1.54, 1.807) is 36.7 Å². The highest BCUT2D eigenvalue weighted by molar-refractivity contribution is 5.97. The zero-order valence-corrected chi connectivity index (χ0v) is 24.2. The number of nitrogens with zero attached hydrogens (tertiary/aromatic N) is 5. The quantitative estimate of drug-likeness (QED) is 0.337. The second-order valence-electron chi connectivity index (χ2n) is 10.9. The van der Waals surface area contributed by atoms with Crippen LogP contribution in [0.4, 0.5) is 14.5 Å². The van der Waals surface area contributed by atoms with E-state index < -0.39 is 46.4 Å². The second kappa shape index (κ2) is 11.5. The van der Waals surface area contributed by atoms with Crippen LogP contribution in [0.25, 0.3) is 16.8 Å². The molecular formula is C30H32F2N6O5. The number of rotatable bonds is 7. The summed E-state index contributed by atoms with van der Waals surface area (Å²) >= 11 is 0. The minimum Gasteiger partial charge on any atom is -0.480 e. The average Bonchev–Trinajstić information content (AvgIpc) is 3.46. The zero-order chi connectivity index (χ0) is 31.2. The summed E-state index contributed by atoms with van der Waals surface area (Å²) in [5, 5.41) is 12.2. The van der Waals surface area contributed by atoms with Gasteiger partial charge >= 0.3 is 11.7 Å². The van der Waals surface area contributed by atoms with Crippen LogP contribution in [0.15, 0.2) is 46.2 Å². The topological polar surface area (TPSA) is 131 Å². The smallest absolute Gasteiger partial charge is 0.330 e. The number of anilines is 1. The normalized spacial score (nSPS) is 16.0. The number of pyridine rings is 1. The molecule has 0 radical (unpaired) electrons. The first kappa shape index (κ1) is 29.7. The van der Waals surface area contributed by atoms with Crippen molar-refractivity contribution in [1.29, 1.82) is 0 Å². The van der Waals surface area contributed by atoms with Crippen LogP contribution in [0.3, 0.4) is 0 Å². The van der Waals surface area contributed by atoms with Gasteiger partial charge in [0.05, 0.1) is 5.56 Å². The molecule has 1 aliphatic rings. The molecule has 2 N–H and O–H groups in total. The van der Waals surface area contributed by atoms with Gasteiger partial charge in [0.15, 0.2) is 0 Å². The highest BCUT2D eigenvalue weighted by Gasteiger charge is 2.28. The Balaban J connectivity index is 1.45. The lowest BCUT2D eigenvalue weighted by atomic mass is 10.0. The van der Waals surface area contributed by atoms with E-state index in [9.17, 15) is 24.3 Å². The molecule has 1 aromatic carbocycles. The predicted octanol–water partition coefficient (Wildman–Crippen LogP) is 2.79. The lowest BCUT2D eigenvalue weighted by Crippen LogP contribution is -2.43. The molecule has 13 heteroatoms. The number of carboxylic acids is 1. The fraction of sp³-hybridized carbons (Fsp3) is 0.367. The fourth-order valence-corrected chi connectivity index (χ4v) is 5.75. The van der Waals surface area contributed by atoms with Crippen LogP contribution < -0.4 is 21.5 Å². The number of halogens is 2. The van der Waals surface area contributed by atoms with Crippen LogP contribution in [0.5, 0.6) is 0 Å². The molecule has 0 aliphatic carbocycles. The Bertz CT molecular complexity index is 1850. The van der Waals surface area contributed by atoms with Gasteiger partial charge in [-0.3, -0.25) is 14.2 Å². The number of aromatic nitrogens is 4. The standard InChI is InChI=1S/C30H32F2N6O5/c1-16-7-5-6-11-37(16)19-13-21(31)25(22(32)14-19)27(39)34-23(29(41)42)15-18-8-9-20(26-33-10-12-38(18)26)24-17(2)35(3)30(43)36(4)28(24)40/h8-10,12-14,16,23H,5-7,11,15H2,1-4H3,(H,34,39)(H,41,42)/t16-,23-/m0/s1. The van der Waals surface area contributed by atoms with Gasteiger partial charge in [-0.1, -0.05) is 0 Å². The Hall–Kier alpha value is -4.81. The van der Waals surface area contributed by atoms with E-state index >= 15 is 8.78 Å². The summed E-state index contributed by atoms with van der Waals surface area (Å²) in [6, 6.07) is 3.93. The lowest BCUT2D eigenvalue weighted by molar-refractivity contribution is -0.139. The van der Waals surface area contributed by atoms with Crippen LogP contribution in [0.1, 0.15) is 47.9 Å². The van der Waals surface area contributed by atoms with Gasteiger partial charge in [0.1, 0.15) is 28.9 Å². The fourth-order valence-electron chi connectivity index (χ4n) is 5.75. The summed E-state index contributed by atoms with van der Waals surface area (Å²) in [5.41, 5.74) is 0.304. The molecule has 2 atom stereocenters. The van der Waals surface area contributed by atoms with Crippen molar-refractivity contribution in [3.8, 4) is 11.1 Å². The first-order valence-electron chi connectivity index (χ1n) is 13.9. The third-order valence-corrected chi connectivity index (χ3v) is 8.27. The highest BCUT2D eigenvalue weighted by atomic mass is 19.1. The average molecular weight is 595 g/mol. The molecular weight excluding hydrogens is 562 g/mol. The van der Waals surface area contributed by atoms with Crippen LogP contribution in [0, 0.1) is 18.6 Å². The van der Waals surface area contributed by atoms with Crippen LogP contribution in [-0.2, 0) is 25.3 Å². The largest absolute Gasteiger partial charge is 0.480 e. The summed E-state index contributed by atoms with van der Waals surface area (Å²) < 4.78 is 34.1. The summed E-state index contributed by atoms with van der Waals surface area (Å²) in [4.78, 5) is 56.8.